The topological polar surface area (TPSA) is 82.8 Å². The standard InChI is InChI=1S/C16H25N5O3/c1-11-17-15(24-18-11)13-4-6-20(7-5-13)16(23)14-10-19(3)8-9-21(14)12(2)22/h13-14H,4-10H2,1-3H3/t14-/m0/s1. The molecule has 3 heterocycles. The Bertz CT molecular complexity index is 609. The van der Waals surface area contributed by atoms with Gasteiger partial charge < -0.3 is 19.2 Å². The zero-order valence-electron chi connectivity index (χ0n) is 14.6. The van der Waals surface area contributed by atoms with Crippen LogP contribution in [0.1, 0.15) is 37.4 Å². The van der Waals surface area contributed by atoms with E-state index in [4.69, 9.17) is 4.52 Å². The van der Waals surface area contributed by atoms with Crippen molar-refractivity contribution in [2.45, 2.75) is 38.6 Å². The van der Waals surface area contributed by atoms with E-state index in [0.717, 1.165) is 19.4 Å². The second-order valence-electron chi connectivity index (χ2n) is 6.77. The summed E-state index contributed by atoms with van der Waals surface area (Å²) in [5.41, 5.74) is 0. The highest BCUT2D eigenvalue weighted by Gasteiger charge is 2.37. The highest BCUT2D eigenvalue weighted by atomic mass is 16.5. The lowest BCUT2D eigenvalue weighted by molar-refractivity contribution is -0.148. The van der Waals surface area contributed by atoms with E-state index in [-0.39, 0.29) is 23.8 Å². The van der Waals surface area contributed by atoms with Gasteiger partial charge in [-0.2, -0.15) is 4.98 Å². The molecule has 0 radical (unpaired) electrons. The van der Waals surface area contributed by atoms with E-state index in [1.54, 1.807) is 4.90 Å². The average molecular weight is 335 g/mol. The number of amides is 2. The van der Waals surface area contributed by atoms with E-state index >= 15 is 0 Å². The Morgan fingerprint density at radius 1 is 1.17 bits per heavy atom. The third kappa shape index (κ3) is 3.43. The maximum Gasteiger partial charge on any atom is 0.246 e. The molecule has 0 unspecified atom stereocenters. The number of hydrogen-bond donors (Lipinski definition) is 0. The number of carbonyl (C=O) groups is 2. The smallest absolute Gasteiger partial charge is 0.246 e. The first-order valence-electron chi connectivity index (χ1n) is 8.50. The predicted molar refractivity (Wildman–Crippen MR) is 86.3 cm³/mol. The summed E-state index contributed by atoms with van der Waals surface area (Å²) in [5, 5.41) is 3.84. The predicted octanol–water partition coefficient (Wildman–Crippen LogP) is 0.247. The minimum absolute atomic E-state index is 0.0299. The quantitative estimate of drug-likeness (QED) is 0.770. The van der Waals surface area contributed by atoms with Gasteiger partial charge in [-0.05, 0) is 26.8 Å². The summed E-state index contributed by atoms with van der Waals surface area (Å²) < 4.78 is 5.25. The second-order valence-corrected chi connectivity index (χ2v) is 6.77. The third-order valence-electron chi connectivity index (χ3n) is 4.97. The highest BCUT2D eigenvalue weighted by Crippen LogP contribution is 2.27. The first kappa shape index (κ1) is 16.9. The van der Waals surface area contributed by atoms with Gasteiger partial charge in [0.05, 0.1) is 0 Å². The molecule has 2 saturated heterocycles. The summed E-state index contributed by atoms with van der Waals surface area (Å²) in [5.74, 6) is 1.55. The van der Waals surface area contributed by atoms with Crippen LogP contribution in [0.2, 0.25) is 0 Å². The molecular formula is C16H25N5O3. The van der Waals surface area contributed by atoms with Gasteiger partial charge in [0.15, 0.2) is 5.82 Å². The molecule has 0 N–H and O–H groups in total. The Balaban J connectivity index is 1.62. The fourth-order valence-electron chi connectivity index (χ4n) is 3.54. The summed E-state index contributed by atoms with van der Waals surface area (Å²) >= 11 is 0. The fraction of sp³-hybridized carbons (Fsp3) is 0.750. The Hall–Kier alpha value is -1.96. The molecule has 0 saturated carbocycles. The normalized spacial score (nSPS) is 23.5. The summed E-state index contributed by atoms with van der Waals surface area (Å²) in [6.07, 6.45) is 1.63. The number of likely N-dealkylation sites (N-methyl/N-ethyl adjacent to an activating group) is 1. The molecule has 0 spiro atoms. The number of aryl methyl sites for hydroxylation is 1. The molecule has 1 aromatic rings. The SMILES string of the molecule is CC(=O)N1CCN(C)C[C@H]1C(=O)N1CCC(c2nc(C)no2)CC1. The fourth-order valence-corrected chi connectivity index (χ4v) is 3.54. The van der Waals surface area contributed by atoms with Crippen molar-refractivity contribution in [1.29, 1.82) is 0 Å². The molecule has 8 nitrogen and oxygen atoms in total. The molecule has 1 aromatic heterocycles. The van der Waals surface area contributed by atoms with E-state index < -0.39 is 0 Å². The van der Waals surface area contributed by atoms with Crippen molar-refractivity contribution in [2.24, 2.45) is 0 Å². The Kier molecular flexibility index (Phi) is 4.84. The van der Waals surface area contributed by atoms with Gasteiger partial charge >= 0.3 is 0 Å². The van der Waals surface area contributed by atoms with Crippen molar-refractivity contribution in [1.82, 2.24) is 24.8 Å². The van der Waals surface area contributed by atoms with Gasteiger partial charge in [0.2, 0.25) is 17.7 Å². The van der Waals surface area contributed by atoms with Crippen LogP contribution in [0.15, 0.2) is 4.52 Å². The Morgan fingerprint density at radius 2 is 1.88 bits per heavy atom. The van der Waals surface area contributed by atoms with Crippen LogP contribution in [-0.4, -0.2) is 82.5 Å². The number of carbonyl (C=O) groups excluding carboxylic acids is 2. The molecule has 2 aliphatic rings. The lowest BCUT2D eigenvalue weighted by Crippen LogP contribution is -2.60. The van der Waals surface area contributed by atoms with Crippen molar-refractivity contribution >= 4 is 11.8 Å². The lowest BCUT2D eigenvalue weighted by atomic mass is 9.96. The maximum absolute atomic E-state index is 12.9. The molecule has 2 amide bonds. The number of likely N-dealkylation sites (tertiary alicyclic amines) is 1. The van der Waals surface area contributed by atoms with Crippen molar-refractivity contribution in [3.8, 4) is 0 Å². The van der Waals surface area contributed by atoms with Gasteiger partial charge in [0, 0.05) is 45.6 Å². The first-order valence-corrected chi connectivity index (χ1v) is 8.50. The van der Waals surface area contributed by atoms with E-state index in [1.807, 2.05) is 18.9 Å². The van der Waals surface area contributed by atoms with Crippen LogP contribution in [0.25, 0.3) is 0 Å². The number of hydrogen-bond acceptors (Lipinski definition) is 6. The molecule has 8 heteroatoms. The number of nitrogens with zero attached hydrogens (tertiary/aromatic N) is 5. The summed E-state index contributed by atoms with van der Waals surface area (Å²) in [6.45, 7) is 6.69. The molecule has 3 rings (SSSR count). The summed E-state index contributed by atoms with van der Waals surface area (Å²) in [6, 6.07) is -0.372. The summed E-state index contributed by atoms with van der Waals surface area (Å²) in [4.78, 5) is 34.8. The number of piperidine rings is 1. The van der Waals surface area contributed by atoms with Gasteiger partial charge in [-0.1, -0.05) is 5.16 Å². The van der Waals surface area contributed by atoms with Gasteiger partial charge in [-0.15, -0.1) is 0 Å². The Morgan fingerprint density at radius 3 is 2.46 bits per heavy atom. The van der Waals surface area contributed by atoms with Crippen LogP contribution in [-0.2, 0) is 9.59 Å². The molecule has 2 aliphatic heterocycles. The molecule has 24 heavy (non-hydrogen) atoms. The second kappa shape index (κ2) is 6.88. The van der Waals surface area contributed by atoms with Crippen LogP contribution in [0.4, 0.5) is 0 Å². The van der Waals surface area contributed by atoms with E-state index in [0.29, 0.717) is 37.9 Å². The minimum atomic E-state index is -0.372. The van der Waals surface area contributed by atoms with E-state index in [9.17, 15) is 9.59 Å². The highest BCUT2D eigenvalue weighted by molar-refractivity contribution is 5.87. The van der Waals surface area contributed by atoms with Gasteiger partial charge in [0.25, 0.3) is 0 Å². The zero-order valence-corrected chi connectivity index (χ0v) is 14.6. The molecule has 0 aliphatic carbocycles. The first-order chi connectivity index (χ1) is 11.5. The minimum Gasteiger partial charge on any atom is -0.341 e. The molecule has 1 atom stereocenters. The summed E-state index contributed by atoms with van der Waals surface area (Å²) in [7, 11) is 1.99. The van der Waals surface area contributed by atoms with Crippen LogP contribution in [0, 0.1) is 6.92 Å². The average Bonchev–Trinajstić information content (AvgIpc) is 3.00. The van der Waals surface area contributed by atoms with Crippen molar-refractivity contribution in [3.05, 3.63) is 11.7 Å². The van der Waals surface area contributed by atoms with Crippen LogP contribution in [0.3, 0.4) is 0 Å². The van der Waals surface area contributed by atoms with Crippen LogP contribution >= 0.6 is 0 Å². The van der Waals surface area contributed by atoms with Crippen LogP contribution < -0.4 is 0 Å². The van der Waals surface area contributed by atoms with E-state index in [1.165, 1.54) is 6.92 Å². The van der Waals surface area contributed by atoms with Crippen molar-refractivity contribution < 1.29 is 14.1 Å². The zero-order chi connectivity index (χ0) is 17.3. The van der Waals surface area contributed by atoms with Crippen LogP contribution in [0.5, 0.6) is 0 Å². The maximum atomic E-state index is 12.9. The molecular weight excluding hydrogens is 310 g/mol. The largest absolute Gasteiger partial charge is 0.341 e. The molecule has 2 fully saturated rings. The van der Waals surface area contributed by atoms with Gasteiger partial charge in [-0.25, -0.2) is 0 Å². The van der Waals surface area contributed by atoms with Gasteiger partial charge in [0.1, 0.15) is 6.04 Å². The third-order valence-corrected chi connectivity index (χ3v) is 4.97. The molecule has 132 valence electrons. The molecule has 0 aromatic carbocycles. The van der Waals surface area contributed by atoms with Gasteiger partial charge in [-0.3, -0.25) is 9.59 Å². The van der Waals surface area contributed by atoms with Crippen molar-refractivity contribution in [3.63, 3.8) is 0 Å². The molecule has 0 bridgehead atoms. The van der Waals surface area contributed by atoms with E-state index in [2.05, 4.69) is 15.0 Å². The number of piperazine rings is 1. The monoisotopic (exact) mass is 335 g/mol. The number of aromatic nitrogens is 2. The lowest BCUT2D eigenvalue weighted by Gasteiger charge is -2.42. The number of rotatable bonds is 2. The van der Waals surface area contributed by atoms with Crippen molar-refractivity contribution in [2.75, 3.05) is 39.8 Å². The Labute approximate surface area is 141 Å².